The van der Waals surface area contributed by atoms with Gasteiger partial charge < -0.3 is 9.64 Å². The molecule has 0 N–H and O–H groups in total. The Bertz CT molecular complexity index is 407. The van der Waals surface area contributed by atoms with Crippen LogP contribution in [0.5, 0.6) is 5.75 Å². The molecule has 0 aliphatic heterocycles. The van der Waals surface area contributed by atoms with Crippen LogP contribution < -0.4 is 9.64 Å². The van der Waals surface area contributed by atoms with Crippen LogP contribution in [-0.2, 0) is 0 Å². The normalized spacial score (nSPS) is 10.4. The van der Waals surface area contributed by atoms with Gasteiger partial charge in [0.25, 0.3) is 0 Å². The quantitative estimate of drug-likeness (QED) is 0.618. The lowest BCUT2D eigenvalue weighted by Gasteiger charge is -2.25. The van der Waals surface area contributed by atoms with Crippen LogP contribution in [0.4, 0.5) is 5.69 Å². The van der Waals surface area contributed by atoms with Gasteiger partial charge in [0.2, 0.25) is 0 Å². The van der Waals surface area contributed by atoms with Crippen molar-refractivity contribution < 1.29 is 4.74 Å². The van der Waals surface area contributed by atoms with E-state index < -0.39 is 0 Å². The van der Waals surface area contributed by atoms with Gasteiger partial charge in [-0.25, -0.2) is 0 Å². The first-order valence-electron chi connectivity index (χ1n) is 5.06. The molecule has 2 nitrogen and oxygen atoms in total. The van der Waals surface area contributed by atoms with E-state index in [1.807, 2.05) is 11.9 Å². The number of methoxy groups -OCH3 is 1. The smallest absolute Gasteiger partial charge is 0.145 e. The molecule has 0 aliphatic carbocycles. The van der Waals surface area contributed by atoms with E-state index in [2.05, 4.69) is 36.7 Å². The zero-order valence-corrected chi connectivity index (χ0v) is 12.7. The van der Waals surface area contributed by atoms with Crippen LogP contribution in [0.3, 0.4) is 0 Å². The third-order valence-electron chi connectivity index (χ3n) is 2.90. The largest absolute Gasteiger partial charge is 0.494 e. The van der Waals surface area contributed by atoms with Crippen LogP contribution >= 0.6 is 27.5 Å². The molecule has 4 heteroatoms. The van der Waals surface area contributed by atoms with Gasteiger partial charge in [0.05, 0.1) is 18.8 Å². The summed E-state index contributed by atoms with van der Waals surface area (Å²) in [5.41, 5.74) is 4.56. The minimum Gasteiger partial charge on any atom is -0.494 e. The van der Waals surface area contributed by atoms with Gasteiger partial charge in [-0.3, -0.25) is 0 Å². The van der Waals surface area contributed by atoms with E-state index in [-0.39, 0.29) is 0 Å². The van der Waals surface area contributed by atoms with Crippen molar-refractivity contribution in [2.24, 2.45) is 0 Å². The fourth-order valence-electron chi connectivity index (χ4n) is 1.84. The van der Waals surface area contributed by atoms with Gasteiger partial charge in [-0.05, 0) is 37.5 Å². The first-order chi connectivity index (χ1) is 7.45. The number of rotatable bonds is 3. The molecule has 0 amide bonds. The molecule has 90 valence electrons. The van der Waals surface area contributed by atoms with E-state index in [1.54, 1.807) is 7.11 Å². The predicted octanol–water partition coefficient (Wildman–Crippen LogP) is 4.02. The summed E-state index contributed by atoms with van der Waals surface area (Å²) in [5, 5.41) is 0. The Morgan fingerprint density at radius 1 is 1.19 bits per heavy atom. The highest BCUT2D eigenvalue weighted by Crippen LogP contribution is 2.41. The Kier molecular flexibility index (Phi) is 4.51. The van der Waals surface area contributed by atoms with Crippen molar-refractivity contribution in [2.75, 3.05) is 25.1 Å². The third-order valence-corrected chi connectivity index (χ3v) is 4.45. The lowest BCUT2D eigenvalue weighted by atomic mass is 10.0. The monoisotopic (exact) mass is 305 g/mol. The molecule has 0 aromatic heterocycles. The minimum atomic E-state index is 0.437. The molecule has 0 radical (unpaired) electrons. The lowest BCUT2D eigenvalue weighted by molar-refractivity contribution is 0.411. The molecule has 1 aromatic carbocycles. The molecule has 0 unspecified atom stereocenters. The zero-order chi connectivity index (χ0) is 12.5. The summed E-state index contributed by atoms with van der Waals surface area (Å²) >= 11 is 9.50. The third kappa shape index (κ3) is 2.16. The summed E-state index contributed by atoms with van der Waals surface area (Å²) in [6.07, 6.45) is 0. The van der Waals surface area contributed by atoms with Gasteiger partial charge in [0.1, 0.15) is 5.75 Å². The van der Waals surface area contributed by atoms with Crippen LogP contribution in [0.2, 0.25) is 0 Å². The van der Waals surface area contributed by atoms with Gasteiger partial charge in [-0.15, -0.1) is 11.6 Å². The van der Waals surface area contributed by atoms with Crippen molar-refractivity contribution in [2.45, 2.75) is 20.8 Å². The van der Waals surface area contributed by atoms with E-state index >= 15 is 0 Å². The predicted molar refractivity (Wildman–Crippen MR) is 74.0 cm³/mol. The van der Waals surface area contributed by atoms with E-state index in [0.29, 0.717) is 6.00 Å². The standard InChI is InChI=1S/C12H17BrClNO/c1-7-8(2)12(16-5)11(15(4)6-14)9(3)10(7)13/h6H2,1-5H3. The highest BCUT2D eigenvalue weighted by Gasteiger charge is 2.18. The van der Waals surface area contributed by atoms with Crippen molar-refractivity contribution in [3.8, 4) is 5.75 Å². The average molecular weight is 307 g/mol. The van der Waals surface area contributed by atoms with E-state index in [1.165, 1.54) is 5.56 Å². The van der Waals surface area contributed by atoms with E-state index in [4.69, 9.17) is 16.3 Å². The second-order valence-corrected chi connectivity index (χ2v) is 4.92. The molecule has 0 spiro atoms. The number of alkyl halides is 1. The number of halogens is 2. The Hall–Kier alpha value is -0.410. The first-order valence-corrected chi connectivity index (χ1v) is 6.38. The molecule has 0 saturated heterocycles. The zero-order valence-electron chi connectivity index (χ0n) is 10.3. The van der Waals surface area contributed by atoms with Crippen molar-refractivity contribution >= 4 is 33.2 Å². The van der Waals surface area contributed by atoms with Crippen molar-refractivity contribution in [3.05, 3.63) is 21.2 Å². The van der Waals surface area contributed by atoms with Crippen molar-refractivity contribution in [3.63, 3.8) is 0 Å². The second kappa shape index (κ2) is 5.28. The highest BCUT2D eigenvalue weighted by atomic mass is 79.9. The van der Waals surface area contributed by atoms with Crippen LogP contribution in [0.25, 0.3) is 0 Å². The van der Waals surface area contributed by atoms with Gasteiger partial charge in [-0.2, -0.15) is 0 Å². The Morgan fingerprint density at radius 3 is 2.19 bits per heavy atom. The summed E-state index contributed by atoms with van der Waals surface area (Å²) in [6, 6.07) is 0.437. The highest BCUT2D eigenvalue weighted by molar-refractivity contribution is 9.10. The minimum absolute atomic E-state index is 0.437. The summed E-state index contributed by atoms with van der Waals surface area (Å²) in [7, 11) is 3.65. The number of ether oxygens (including phenoxy) is 1. The molecule has 16 heavy (non-hydrogen) atoms. The Labute approximate surface area is 111 Å². The maximum Gasteiger partial charge on any atom is 0.145 e. The van der Waals surface area contributed by atoms with Crippen molar-refractivity contribution in [1.82, 2.24) is 0 Å². The maximum absolute atomic E-state index is 5.89. The molecular formula is C12H17BrClNO. The lowest BCUT2D eigenvalue weighted by Crippen LogP contribution is -2.17. The van der Waals surface area contributed by atoms with E-state index in [9.17, 15) is 0 Å². The number of anilines is 1. The fraction of sp³-hybridized carbons (Fsp3) is 0.500. The van der Waals surface area contributed by atoms with Gasteiger partial charge in [0.15, 0.2) is 0 Å². The van der Waals surface area contributed by atoms with Gasteiger partial charge in [0, 0.05) is 11.5 Å². The Balaban J connectivity index is 3.57. The maximum atomic E-state index is 5.89. The number of hydrogen-bond acceptors (Lipinski definition) is 2. The molecule has 0 atom stereocenters. The molecule has 0 heterocycles. The molecule has 0 aliphatic rings. The molecular weight excluding hydrogens is 289 g/mol. The molecule has 1 rings (SSSR count). The Morgan fingerprint density at radius 2 is 1.75 bits per heavy atom. The van der Waals surface area contributed by atoms with Crippen molar-refractivity contribution in [1.29, 1.82) is 0 Å². The molecule has 1 aromatic rings. The average Bonchev–Trinajstić information content (AvgIpc) is 2.29. The fourth-order valence-corrected chi connectivity index (χ4v) is 2.44. The van der Waals surface area contributed by atoms with Crippen LogP contribution in [-0.4, -0.2) is 20.2 Å². The van der Waals surface area contributed by atoms with Crippen LogP contribution in [0, 0.1) is 20.8 Å². The SMILES string of the molecule is COc1c(C)c(C)c(Br)c(C)c1N(C)CCl. The number of benzene rings is 1. The second-order valence-electron chi connectivity index (χ2n) is 3.89. The van der Waals surface area contributed by atoms with Crippen LogP contribution in [0.15, 0.2) is 4.47 Å². The first kappa shape index (κ1) is 13.7. The van der Waals surface area contributed by atoms with Gasteiger partial charge in [-0.1, -0.05) is 15.9 Å². The topological polar surface area (TPSA) is 12.5 Å². The summed E-state index contributed by atoms with van der Waals surface area (Å²) in [5.74, 6) is 0.904. The summed E-state index contributed by atoms with van der Waals surface area (Å²) < 4.78 is 6.62. The summed E-state index contributed by atoms with van der Waals surface area (Å²) in [6.45, 7) is 6.21. The van der Waals surface area contributed by atoms with Crippen LogP contribution in [0.1, 0.15) is 16.7 Å². The molecule has 0 bridgehead atoms. The number of hydrogen-bond donors (Lipinski definition) is 0. The van der Waals surface area contributed by atoms with Gasteiger partial charge >= 0.3 is 0 Å². The molecule has 0 fully saturated rings. The summed E-state index contributed by atoms with van der Waals surface area (Å²) in [4.78, 5) is 1.98. The molecule has 0 saturated carbocycles. The number of nitrogens with zero attached hydrogens (tertiary/aromatic N) is 1. The van der Waals surface area contributed by atoms with E-state index in [0.717, 1.165) is 27.0 Å².